The number of nitrogens with one attached hydrogen (secondary N) is 2. The third-order valence-electron chi connectivity index (χ3n) is 5.03. The molecular weight excluding hydrogens is 378 g/mol. The first kappa shape index (κ1) is 18.6. The normalized spacial score (nSPS) is 15.0. The van der Waals surface area contributed by atoms with Gasteiger partial charge < -0.3 is 24.8 Å². The summed E-state index contributed by atoms with van der Waals surface area (Å²) in [6.07, 6.45) is 1.59. The Kier molecular flexibility index (Phi) is 5.11. The van der Waals surface area contributed by atoms with Crippen molar-refractivity contribution < 1.29 is 4.74 Å². The number of fused-ring (bicyclic) bond motifs is 1. The molecule has 1 aromatic carbocycles. The number of halogens is 1. The fraction of sp³-hybridized carbons (Fsp3) is 0.300. The molecule has 8 heteroatoms. The lowest BCUT2D eigenvalue weighted by molar-refractivity contribution is 0.312. The number of pyridine rings is 2. The quantitative estimate of drug-likeness (QED) is 0.657. The van der Waals surface area contributed by atoms with Gasteiger partial charge in [-0.3, -0.25) is 4.79 Å². The van der Waals surface area contributed by atoms with E-state index in [2.05, 4.69) is 32.1 Å². The molecule has 0 saturated carbocycles. The molecule has 1 aliphatic rings. The van der Waals surface area contributed by atoms with Gasteiger partial charge in [0.2, 0.25) is 0 Å². The fourth-order valence-electron chi connectivity index (χ4n) is 3.44. The number of methoxy groups -OCH3 is 1. The van der Waals surface area contributed by atoms with Gasteiger partial charge in [-0.15, -0.1) is 0 Å². The predicted molar refractivity (Wildman–Crippen MR) is 113 cm³/mol. The first-order valence-corrected chi connectivity index (χ1v) is 9.49. The van der Waals surface area contributed by atoms with Crippen LogP contribution in [0.5, 0.6) is 5.75 Å². The Hall–Kier alpha value is -2.77. The molecule has 1 saturated heterocycles. The minimum Gasteiger partial charge on any atom is -0.494 e. The third-order valence-corrected chi connectivity index (χ3v) is 5.22. The maximum atomic E-state index is 12.3. The Morgan fingerprint density at radius 1 is 1.18 bits per heavy atom. The van der Waals surface area contributed by atoms with Crippen molar-refractivity contribution in [1.29, 1.82) is 0 Å². The summed E-state index contributed by atoms with van der Waals surface area (Å²) in [5.74, 6) is 1.08. The third kappa shape index (κ3) is 3.63. The summed E-state index contributed by atoms with van der Waals surface area (Å²) in [5.41, 5.74) is 1.61. The molecular formula is C20H22ClN5O2. The highest BCUT2D eigenvalue weighted by Crippen LogP contribution is 2.33. The van der Waals surface area contributed by atoms with Gasteiger partial charge >= 0.3 is 0 Å². The van der Waals surface area contributed by atoms with Crippen molar-refractivity contribution in [2.45, 2.75) is 0 Å². The molecule has 0 amide bonds. The van der Waals surface area contributed by atoms with Gasteiger partial charge in [-0.2, -0.15) is 0 Å². The van der Waals surface area contributed by atoms with Gasteiger partial charge in [0.15, 0.2) is 0 Å². The van der Waals surface area contributed by atoms with Crippen molar-refractivity contribution in [2.75, 3.05) is 50.6 Å². The summed E-state index contributed by atoms with van der Waals surface area (Å²) < 4.78 is 5.60. The minimum absolute atomic E-state index is 0.225. The number of nitrogens with zero attached hydrogens (tertiary/aromatic N) is 3. The zero-order chi connectivity index (χ0) is 19.7. The van der Waals surface area contributed by atoms with Crippen LogP contribution >= 0.6 is 11.6 Å². The van der Waals surface area contributed by atoms with Crippen LogP contribution in [-0.2, 0) is 0 Å². The van der Waals surface area contributed by atoms with Crippen LogP contribution in [0.3, 0.4) is 0 Å². The fourth-order valence-corrected chi connectivity index (χ4v) is 3.65. The Balaban J connectivity index is 1.69. The average molecular weight is 400 g/mol. The van der Waals surface area contributed by atoms with Crippen LogP contribution in [0.2, 0.25) is 5.15 Å². The van der Waals surface area contributed by atoms with Gasteiger partial charge in [-0.25, -0.2) is 4.98 Å². The van der Waals surface area contributed by atoms with E-state index in [1.165, 1.54) is 0 Å². The second kappa shape index (κ2) is 7.69. The topological polar surface area (TPSA) is 73.5 Å². The summed E-state index contributed by atoms with van der Waals surface area (Å²) >= 11 is 6.15. The zero-order valence-corrected chi connectivity index (χ0v) is 16.6. The maximum Gasteiger partial charge on any atom is 0.259 e. The minimum atomic E-state index is -0.225. The van der Waals surface area contributed by atoms with Gasteiger partial charge in [-0.05, 0) is 36.7 Å². The molecule has 28 heavy (non-hydrogen) atoms. The highest BCUT2D eigenvalue weighted by Gasteiger charge is 2.17. The van der Waals surface area contributed by atoms with Crippen molar-refractivity contribution in [1.82, 2.24) is 14.9 Å². The number of benzene rings is 1. The SMILES string of the molecule is COc1cc(N2CCN(C)CC2)ccc1Nc1nc(Cl)cc2cc[nH]c(=O)c12. The molecule has 0 radical (unpaired) electrons. The molecule has 4 rings (SSSR count). The van der Waals surface area contributed by atoms with E-state index in [1.807, 2.05) is 18.2 Å². The van der Waals surface area contributed by atoms with Crippen molar-refractivity contribution in [3.05, 3.63) is 52.0 Å². The molecule has 0 atom stereocenters. The van der Waals surface area contributed by atoms with Crippen LogP contribution in [-0.4, -0.2) is 55.2 Å². The second-order valence-corrected chi connectivity index (χ2v) is 7.25. The average Bonchev–Trinajstić information content (AvgIpc) is 2.68. The van der Waals surface area contributed by atoms with Crippen LogP contribution in [0.25, 0.3) is 10.8 Å². The Morgan fingerprint density at radius 2 is 1.96 bits per heavy atom. The summed E-state index contributed by atoms with van der Waals surface area (Å²) in [7, 11) is 3.76. The molecule has 0 aliphatic carbocycles. The van der Waals surface area contributed by atoms with Crippen molar-refractivity contribution in [3.63, 3.8) is 0 Å². The van der Waals surface area contributed by atoms with Crippen LogP contribution in [0.15, 0.2) is 41.3 Å². The Morgan fingerprint density at radius 3 is 2.71 bits per heavy atom. The van der Waals surface area contributed by atoms with E-state index in [9.17, 15) is 4.79 Å². The Labute approximate surface area is 167 Å². The first-order valence-electron chi connectivity index (χ1n) is 9.11. The molecule has 3 aromatic rings. The number of likely N-dealkylation sites (N-methyl/N-ethyl adjacent to an activating group) is 1. The lowest BCUT2D eigenvalue weighted by atomic mass is 10.2. The number of H-pyrrole nitrogens is 1. The number of ether oxygens (including phenoxy) is 1. The van der Waals surface area contributed by atoms with E-state index in [0.29, 0.717) is 22.1 Å². The summed E-state index contributed by atoms with van der Waals surface area (Å²) in [4.78, 5) is 24.0. The van der Waals surface area contributed by atoms with Crippen molar-refractivity contribution in [3.8, 4) is 5.75 Å². The Bertz CT molecular complexity index is 1060. The number of anilines is 3. The van der Waals surface area contributed by atoms with Gasteiger partial charge in [-0.1, -0.05) is 11.6 Å². The standard InChI is InChI=1S/C20H22ClN5O2/c1-25-7-9-26(10-8-25)14-3-4-15(16(12-14)28-2)23-19-18-13(11-17(21)24-19)5-6-22-20(18)27/h3-6,11-12H,7-10H2,1-2H3,(H,22,27)(H,23,24). The second-order valence-electron chi connectivity index (χ2n) is 6.86. The van der Waals surface area contributed by atoms with E-state index in [0.717, 1.165) is 42.9 Å². The van der Waals surface area contributed by atoms with Crippen molar-refractivity contribution in [2.24, 2.45) is 0 Å². The summed E-state index contributed by atoms with van der Waals surface area (Å²) in [6, 6.07) is 9.46. The van der Waals surface area contributed by atoms with Gasteiger partial charge in [0.05, 0.1) is 18.2 Å². The van der Waals surface area contributed by atoms with Crippen LogP contribution < -0.4 is 20.5 Å². The lowest BCUT2D eigenvalue weighted by Gasteiger charge is -2.34. The van der Waals surface area contributed by atoms with Gasteiger partial charge in [0.1, 0.15) is 16.7 Å². The number of hydrogen-bond donors (Lipinski definition) is 2. The number of rotatable bonds is 4. The van der Waals surface area contributed by atoms with Gasteiger partial charge in [0.25, 0.3) is 5.56 Å². The molecule has 1 aliphatic heterocycles. The largest absolute Gasteiger partial charge is 0.494 e. The molecule has 0 unspecified atom stereocenters. The van der Waals surface area contributed by atoms with E-state index in [-0.39, 0.29) is 5.56 Å². The number of aromatic amines is 1. The van der Waals surface area contributed by atoms with Crippen LogP contribution in [0.4, 0.5) is 17.2 Å². The smallest absolute Gasteiger partial charge is 0.259 e. The number of piperazine rings is 1. The van der Waals surface area contributed by atoms with E-state index in [4.69, 9.17) is 16.3 Å². The number of aromatic nitrogens is 2. The predicted octanol–water partition coefficient (Wildman–Crippen LogP) is 3.08. The van der Waals surface area contributed by atoms with E-state index in [1.54, 1.807) is 25.4 Å². The molecule has 0 bridgehead atoms. The van der Waals surface area contributed by atoms with E-state index < -0.39 is 0 Å². The summed E-state index contributed by atoms with van der Waals surface area (Å²) in [5, 5.41) is 4.71. The molecule has 3 heterocycles. The maximum absolute atomic E-state index is 12.3. The molecule has 1 fully saturated rings. The van der Waals surface area contributed by atoms with Crippen LogP contribution in [0, 0.1) is 0 Å². The lowest BCUT2D eigenvalue weighted by Crippen LogP contribution is -2.44. The van der Waals surface area contributed by atoms with Crippen molar-refractivity contribution >= 4 is 39.6 Å². The molecule has 146 valence electrons. The highest BCUT2D eigenvalue weighted by atomic mass is 35.5. The molecule has 2 aromatic heterocycles. The molecule has 7 nitrogen and oxygen atoms in total. The molecule has 2 N–H and O–H groups in total. The highest BCUT2D eigenvalue weighted by molar-refractivity contribution is 6.30. The monoisotopic (exact) mass is 399 g/mol. The number of hydrogen-bond acceptors (Lipinski definition) is 6. The van der Waals surface area contributed by atoms with Crippen LogP contribution in [0.1, 0.15) is 0 Å². The van der Waals surface area contributed by atoms with Gasteiger partial charge in [0, 0.05) is 44.1 Å². The molecule has 0 spiro atoms. The van der Waals surface area contributed by atoms with E-state index >= 15 is 0 Å². The first-order chi connectivity index (χ1) is 13.5. The zero-order valence-electron chi connectivity index (χ0n) is 15.8. The summed E-state index contributed by atoms with van der Waals surface area (Å²) in [6.45, 7) is 4.01.